The Hall–Kier alpha value is -1.87. The summed E-state index contributed by atoms with van der Waals surface area (Å²) < 4.78 is 5.93. The van der Waals surface area contributed by atoms with E-state index < -0.39 is 0 Å². The Morgan fingerprint density at radius 1 is 1.04 bits per heavy atom. The first-order valence-electron chi connectivity index (χ1n) is 9.25. The molecule has 24 heavy (non-hydrogen) atoms. The molecule has 0 saturated carbocycles. The van der Waals surface area contributed by atoms with Crippen molar-refractivity contribution in [3.63, 3.8) is 0 Å². The first-order chi connectivity index (χ1) is 11.8. The topological polar surface area (TPSA) is 29.5 Å². The SMILES string of the molecule is O=C(C1CC2CCC1O2)N1CCCC1c1cccc2ccccc12. The molecule has 0 radical (unpaired) electrons. The Labute approximate surface area is 142 Å². The molecule has 0 aromatic heterocycles. The monoisotopic (exact) mass is 321 g/mol. The van der Waals surface area contributed by atoms with E-state index in [4.69, 9.17) is 4.74 Å². The minimum Gasteiger partial charge on any atom is -0.374 e. The van der Waals surface area contributed by atoms with Gasteiger partial charge in [-0.3, -0.25) is 4.79 Å². The number of fused-ring (bicyclic) bond motifs is 3. The maximum absolute atomic E-state index is 13.2. The van der Waals surface area contributed by atoms with Crippen molar-refractivity contribution < 1.29 is 9.53 Å². The van der Waals surface area contributed by atoms with Crippen LogP contribution < -0.4 is 0 Å². The third kappa shape index (κ3) is 2.18. The minimum absolute atomic E-state index is 0.0966. The number of hydrogen-bond acceptors (Lipinski definition) is 2. The van der Waals surface area contributed by atoms with Gasteiger partial charge in [0.15, 0.2) is 0 Å². The van der Waals surface area contributed by atoms with E-state index in [1.54, 1.807) is 0 Å². The fourth-order valence-electron chi connectivity index (χ4n) is 5.01. The third-order valence-corrected chi connectivity index (χ3v) is 6.14. The van der Waals surface area contributed by atoms with Crippen LogP contribution in [0.1, 0.15) is 43.7 Å². The summed E-state index contributed by atoms with van der Waals surface area (Å²) in [5.41, 5.74) is 1.31. The van der Waals surface area contributed by atoms with Gasteiger partial charge in [0, 0.05) is 6.54 Å². The summed E-state index contributed by atoms with van der Waals surface area (Å²) in [7, 11) is 0. The summed E-state index contributed by atoms with van der Waals surface area (Å²) >= 11 is 0. The first kappa shape index (κ1) is 14.5. The molecule has 0 spiro atoms. The van der Waals surface area contributed by atoms with Crippen LogP contribution in [0.15, 0.2) is 42.5 Å². The van der Waals surface area contributed by atoms with Crippen molar-refractivity contribution >= 4 is 16.7 Å². The summed E-state index contributed by atoms with van der Waals surface area (Å²) in [6.07, 6.45) is 5.82. The van der Waals surface area contributed by atoms with Gasteiger partial charge in [0.25, 0.3) is 0 Å². The Bertz CT molecular complexity index is 781. The van der Waals surface area contributed by atoms with Crippen LogP contribution >= 0.6 is 0 Å². The zero-order chi connectivity index (χ0) is 16.1. The van der Waals surface area contributed by atoms with Gasteiger partial charge < -0.3 is 9.64 Å². The molecule has 3 aliphatic rings. The van der Waals surface area contributed by atoms with Crippen LogP contribution in [-0.2, 0) is 9.53 Å². The lowest BCUT2D eigenvalue weighted by atomic mass is 9.87. The summed E-state index contributed by atoms with van der Waals surface area (Å²) in [6, 6.07) is 15.2. The van der Waals surface area contributed by atoms with Crippen molar-refractivity contribution in [3.8, 4) is 0 Å². The first-order valence-corrected chi connectivity index (χ1v) is 9.25. The number of nitrogens with zero attached hydrogens (tertiary/aromatic N) is 1. The molecule has 2 aromatic carbocycles. The molecule has 3 fully saturated rings. The lowest BCUT2D eigenvalue weighted by Crippen LogP contribution is -2.39. The zero-order valence-corrected chi connectivity index (χ0v) is 13.9. The molecule has 0 N–H and O–H groups in total. The third-order valence-electron chi connectivity index (χ3n) is 6.14. The van der Waals surface area contributed by atoms with Gasteiger partial charge in [0.05, 0.1) is 24.2 Å². The highest BCUT2D eigenvalue weighted by Gasteiger charge is 2.47. The van der Waals surface area contributed by atoms with Crippen LogP contribution in [-0.4, -0.2) is 29.6 Å². The molecule has 1 amide bonds. The Balaban J connectivity index is 1.48. The molecule has 4 unspecified atom stereocenters. The normalized spacial score (nSPS) is 31.9. The molecule has 3 nitrogen and oxygen atoms in total. The predicted molar refractivity (Wildman–Crippen MR) is 93.6 cm³/mol. The van der Waals surface area contributed by atoms with Crippen LogP contribution in [0.2, 0.25) is 0 Å². The van der Waals surface area contributed by atoms with E-state index in [2.05, 4.69) is 47.4 Å². The van der Waals surface area contributed by atoms with E-state index in [0.717, 1.165) is 38.6 Å². The standard InChI is InChI=1S/C21H23NO2/c23-21(18-13-15-10-11-20(18)24-15)22-12-4-9-19(22)17-8-3-6-14-5-1-2-7-16(14)17/h1-3,5-8,15,18-20H,4,9-13H2. The highest BCUT2D eigenvalue weighted by Crippen LogP contribution is 2.43. The van der Waals surface area contributed by atoms with Crippen molar-refractivity contribution in [1.29, 1.82) is 0 Å². The van der Waals surface area contributed by atoms with E-state index in [1.165, 1.54) is 16.3 Å². The van der Waals surface area contributed by atoms with E-state index in [0.29, 0.717) is 12.0 Å². The molecule has 3 heterocycles. The predicted octanol–water partition coefficient (Wildman–Crippen LogP) is 4.07. The zero-order valence-electron chi connectivity index (χ0n) is 13.9. The number of hydrogen-bond donors (Lipinski definition) is 0. The Morgan fingerprint density at radius 2 is 1.92 bits per heavy atom. The number of carbonyl (C=O) groups is 1. The molecule has 2 aromatic rings. The molecule has 2 bridgehead atoms. The quantitative estimate of drug-likeness (QED) is 0.834. The number of likely N-dealkylation sites (tertiary alicyclic amines) is 1. The molecule has 3 saturated heterocycles. The molecular formula is C21H23NO2. The van der Waals surface area contributed by atoms with Gasteiger partial charge in [0.2, 0.25) is 5.91 Å². The van der Waals surface area contributed by atoms with Crippen LogP contribution in [0.3, 0.4) is 0 Å². The molecule has 3 aliphatic heterocycles. The number of amides is 1. The second kappa shape index (κ2) is 5.59. The molecule has 4 atom stereocenters. The number of rotatable bonds is 2. The van der Waals surface area contributed by atoms with E-state index in [9.17, 15) is 4.79 Å². The second-order valence-electron chi connectivity index (χ2n) is 7.47. The minimum atomic E-state index is 0.0966. The van der Waals surface area contributed by atoms with Crippen LogP contribution in [0.4, 0.5) is 0 Å². The van der Waals surface area contributed by atoms with Gasteiger partial charge in [0.1, 0.15) is 0 Å². The Kier molecular flexibility index (Phi) is 3.37. The van der Waals surface area contributed by atoms with Crippen molar-refractivity contribution in [2.24, 2.45) is 5.92 Å². The summed E-state index contributed by atoms with van der Waals surface area (Å²) in [6.45, 7) is 0.889. The number of ether oxygens (including phenoxy) is 1. The van der Waals surface area contributed by atoms with Crippen LogP contribution in [0, 0.1) is 5.92 Å². The highest BCUT2D eigenvalue weighted by molar-refractivity contribution is 5.87. The maximum Gasteiger partial charge on any atom is 0.228 e. The molecule has 124 valence electrons. The average molecular weight is 321 g/mol. The van der Waals surface area contributed by atoms with Gasteiger partial charge in [-0.15, -0.1) is 0 Å². The lowest BCUT2D eigenvalue weighted by Gasteiger charge is -2.30. The van der Waals surface area contributed by atoms with Crippen molar-refractivity contribution in [3.05, 3.63) is 48.0 Å². The highest BCUT2D eigenvalue weighted by atomic mass is 16.5. The lowest BCUT2D eigenvalue weighted by molar-refractivity contribution is -0.138. The fraction of sp³-hybridized carbons (Fsp3) is 0.476. The average Bonchev–Trinajstić information content (AvgIpc) is 3.36. The summed E-state index contributed by atoms with van der Waals surface area (Å²) in [5, 5.41) is 2.55. The summed E-state index contributed by atoms with van der Waals surface area (Å²) in [5.74, 6) is 0.428. The van der Waals surface area contributed by atoms with Gasteiger partial charge in [-0.25, -0.2) is 0 Å². The second-order valence-corrected chi connectivity index (χ2v) is 7.47. The van der Waals surface area contributed by atoms with Gasteiger partial charge in [-0.05, 0) is 48.4 Å². The fourth-order valence-corrected chi connectivity index (χ4v) is 5.01. The van der Waals surface area contributed by atoms with Crippen molar-refractivity contribution in [2.75, 3.05) is 6.54 Å². The number of carbonyl (C=O) groups excluding carboxylic acids is 1. The van der Waals surface area contributed by atoms with Gasteiger partial charge >= 0.3 is 0 Å². The molecule has 5 rings (SSSR count). The molecule has 3 heteroatoms. The van der Waals surface area contributed by atoms with Crippen molar-refractivity contribution in [2.45, 2.75) is 50.4 Å². The van der Waals surface area contributed by atoms with E-state index in [-0.39, 0.29) is 18.1 Å². The smallest absolute Gasteiger partial charge is 0.228 e. The molecular weight excluding hydrogens is 298 g/mol. The van der Waals surface area contributed by atoms with Gasteiger partial charge in [-0.1, -0.05) is 42.5 Å². The summed E-state index contributed by atoms with van der Waals surface area (Å²) in [4.78, 5) is 15.4. The van der Waals surface area contributed by atoms with E-state index in [1.807, 2.05) is 0 Å². The maximum atomic E-state index is 13.2. The van der Waals surface area contributed by atoms with Gasteiger partial charge in [-0.2, -0.15) is 0 Å². The van der Waals surface area contributed by atoms with Crippen LogP contribution in [0.5, 0.6) is 0 Å². The Morgan fingerprint density at radius 3 is 2.75 bits per heavy atom. The largest absolute Gasteiger partial charge is 0.374 e. The van der Waals surface area contributed by atoms with E-state index >= 15 is 0 Å². The van der Waals surface area contributed by atoms with Crippen LogP contribution in [0.25, 0.3) is 10.8 Å². The van der Waals surface area contributed by atoms with Crippen molar-refractivity contribution in [1.82, 2.24) is 4.90 Å². The molecule has 0 aliphatic carbocycles. The number of benzene rings is 2.